The zero-order valence-electron chi connectivity index (χ0n) is 7.37. The Balaban J connectivity index is 2.00. The minimum atomic E-state index is -0.276. The first-order chi connectivity index (χ1) is 6.25. The van der Waals surface area contributed by atoms with Gasteiger partial charge in [-0.05, 0) is 19.1 Å². The lowest BCUT2D eigenvalue weighted by atomic mass is 10.3. The summed E-state index contributed by atoms with van der Waals surface area (Å²) in [6, 6.07) is 6.14. The summed E-state index contributed by atoms with van der Waals surface area (Å²) in [6.45, 7) is 2.67. The molecule has 1 fully saturated rings. The molecule has 2 rings (SSSR count). The normalized spacial score (nSPS) is 22.5. The lowest BCUT2D eigenvalue weighted by molar-refractivity contribution is 0.176. The fraction of sp³-hybridized carbons (Fsp3) is 0.400. The van der Waals surface area contributed by atoms with Gasteiger partial charge in [0.1, 0.15) is 23.8 Å². The number of hydrogen-bond donors (Lipinski definition) is 0. The van der Waals surface area contributed by atoms with E-state index in [1.807, 2.05) is 6.92 Å². The molecule has 1 aliphatic heterocycles. The summed E-state index contributed by atoms with van der Waals surface area (Å²) < 4.78 is 23.2. The van der Waals surface area contributed by atoms with Crippen LogP contribution >= 0.6 is 0 Å². The summed E-state index contributed by atoms with van der Waals surface area (Å²) in [6.07, 6.45) is 0.185. The van der Waals surface area contributed by atoms with Crippen LogP contribution in [0.25, 0.3) is 0 Å². The van der Waals surface area contributed by atoms with Crippen LogP contribution in [0.3, 0.4) is 0 Å². The maximum absolute atomic E-state index is 12.7. The van der Waals surface area contributed by atoms with Crippen LogP contribution in [-0.2, 0) is 4.74 Å². The van der Waals surface area contributed by atoms with E-state index in [2.05, 4.69) is 0 Å². The van der Waals surface area contributed by atoms with Crippen molar-refractivity contribution in [2.75, 3.05) is 6.61 Å². The van der Waals surface area contributed by atoms with E-state index in [4.69, 9.17) is 9.47 Å². The van der Waals surface area contributed by atoms with Gasteiger partial charge in [-0.3, -0.25) is 0 Å². The molecular weight excluding hydrogens is 171 g/mol. The van der Waals surface area contributed by atoms with Crippen LogP contribution < -0.4 is 4.74 Å². The highest BCUT2D eigenvalue weighted by Gasteiger charge is 2.30. The molecule has 0 spiro atoms. The maximum Gasteiger partial charge on any atom is 0.126 e. The van der Waals surface area contributed by atoms with Crippen LogP contribution in [0.1, 0.15) is 6.92 Å². The number of halogens is 1. The first-order valence-electron chi connectivity index (χ1n) is 4.29. The minimum absolute atomic E-state index is 0.00167. The molecule has 0 saturated carbocycles. The second-order valence-electron chi connectivity index (χ2n) is 3.15. The van der Waals surface area contributed by atoms with E-state index < -0.39 is 0 Å². The van der Waals surface area contributed by atoms with E-state index in [0.29, 0.717) is 5.75 Å². The summed E-state index contributed by atoms with van der Waals surface area (Å²) in [7, 11) is 0. The average Bonchev–Trinajstić information content (AvgIpc) is 2.85. The molecule has 1 aliphatic rings. The fourth-order valence-corrected chi connectivity index (χ4v) is 1.16. The number of epoxide rings is 1. The largest absolute Gasteiger partial charge is 0.488 e. The van der Waals surface area contributed by atoms with Gasteiger partial charge < -0.3 is 9.47 Å². The van der Waals surface area contributed by atoms with Gasteiger partial charge in [0.25, 0.3) is 0 Å². The summed E-state index contributed by atoms with van der Waals surface area (Å²) in [5.41, 5.74) is 0. The molecule has 1 saturated heterocycles. The lowest BCUT2D eigenvalue weighted by Gasteiger charge is -2.11. The molecule has 0 amide bonds. The third kappa shape index (κ3) is 2.18. The molecule has 3 heteroatoms. The smallest absolute Gasteiger partial charge is 0.126 e. The SMILES string of the molecule is C[C@@H](Oc1cccc(F)c1)[C@H]1CO1. The van der Waals surface area contributed by atoms with Crippen LogP contribution in [0, 0.1) is 5.82 Å². The highest BCUT2D eigenvalue weighted by atomic mass is 19.1. The zero-order valence-corrected chi connectivity index (χ0v) is 7.37. The van der Waals surface area contributed by atoms with Crippen molar-refractivity contribution in [3.8, 4) is 5.75 Å². The van der Waals surface area contributed by atoms with Gasteiger partial charge in [0.2, 0.25) is 0 Å². The Kier molecular flexibility index (Phi) is 2.19. The zero-order chi connectivity index (χ0) is 9.26. The number of hydrogen-bond acceptors (Lipinski definition) is 2. The maximum atomic E-state index is 12.7. The third-order valence-electron chi connectivity index (χ3n) is 2.00. The molecule has 1 aromatic carbocycles. The Morgan fingerprint density at radius 2 is 2.38 bits per heavy atom. The number of rotatable bonds is 3. The Bertz CT molecular complexity index is 297. The van der Waals surface area contributed by atoms with Crippen LogP contribution in [0.2, 0.25) is 0 Å². The van der Waals surface area contributed by atoms with Crippen LogP contribution in [0.15, 0.2) is 24.3 Å². The van der Waals surface area contributed by atoms with Gasteiger partial charge in [-0.1, -0.05) is 6.07 Å². The number of benzene rings is 1. The quantitative estimate of drug-likeness (QED) is 0.667. The molecule has 0 radical (unpaired) electrons. The second-order valence-corrected chi connectivity index (χ2v) is 3.15. The molecule has 0 unspecified atom stereocenters. The summed E-state index contributed by atoms with van der Waals surface area (Å²) in [5.74, 6) is 0.282. The highest BCUT2D eigenvalue weighted by Crippen LogP contribution is 2.20. The van der Waals surface area contributed by atoms with E-state index in [9.17, 15) is 4.39 Å². The van der Waals surface area contributed by atoms with E-state index >= 15 is 0 Å². The molecule has 13 heavy (non-hydrogen) atoms. The van der Waals surface area contributed by atoms with Gasteiger partial charge in [0.05, 0.1) is 6.61 Å². The van der Waals surface area contributed by atoms with E-state index in [1.165, 1.54) is 12.1 Å². The predicted octanol–water partition coefficient (Wildman–Crippen LogP) is 1.99. The fourth-order valence-electron chi connectivity index (χ4n) is 1.16. The summed E-state index contributed by atoms with van der Waals surface area (Å²) >= 11 is 0. The topological polar surface area (TPSA) is 21.8 Å². The third-order valence-corrected chi connectivity index (χ3v) is 2.00. The van der Waals surface area contributed by atoms with Crippen molar-refractivity contribution in [3.63, 3.8) is 0 Å². The van der Waals surface area contributed by atoms with Gasteiger partial charge in [-0.2, -0.15) is 0 Å². The lowest BCUT2D eigenvalue weighted by Crippen LogP contribution is -2.18. The average molecular weight is 182 g/mol. The first-order valence-corrected chi connectivity index (χ1v) is 4.29. The standard InChI is InChI=1S/C10H11FO2/c1-7(10-6-12-10)13-9-4-2-3-8(11)5-9/h2-5,7,10H,6H2,1H3/t7-,10-/m1/s1. The molecule has 1 heterocycles. The van der Waals surface area contributed by atoms with Crippen molar-refractivity contribution in [1.29, 1.82) is 0 Å². The minimum Gasteiger partial charge on any atom is -0.488 e. The van der Waals surface area contributed by atoms with Gasteiger partial charge in [0, 0.05) is 6.07 Å². The molecule has 0 bridgehead atoms. The molecule has 0 aromatic heterocycles. The van der Waals surface area contributed by atoms with E-state index in [0.717, 1.165) is 6.61 Å². The molecule has 1 aromatic rings. The molecule has 2 atom stereocenters. The Morgan fingerprint density at radius 3 is 3.00 bits per heavy atom. The summed E-state index contributed by atoms with van der Waals surface area (Å²) in [5, 5.41) is 0. The first kappa shape index (κ1) is 8.51. The van der Waals surface area contributed by atoms with Crippen molar-refractivity contribution in [1.82, 2.24) is 0 Å². The Hall–Kier alpha value is -1.09. The van der Waals surface area contributed by atoms with Crippen molar-refractivity contribution in [3.05, 3.63) is 30.1 Å². The van der Waals surface area contributed by atoms with Crippen LogP contribution in [0.4, 0.5) is 4.39 Å². The number of ether oxygens (including phenoxy) is 2. The van der Waals surface area contributed by atoms with Crippen molar-refractivity contribution >= 4 is 0 Å². The van der Waals surface area contributed by atoms with Crippen LogP contribution in [-0.4, -0.2) is 18.8 Å². The summed E-state index contributed by atoms with van der Waals surface area (Å²) in [4.78, 5) is 0. The van der Waals surface area contributed by atoms with Gasteiger partial charge >= 0.3 is 0 Å². The van der Waals surface area contributed by atoms with Gasteiger partial charge in [-0.15, -0.1) is 0 Å². The molecule has 0 aliphatic carbocycles. The Morgan fingerprint density at radius 1 is 1.62 bits per heavy atom. The van der Waals surface area contributed by atoms with E-state index in [1.54, 1.807) is 12.1 Å². The molecule has 0 N–H and O–H groups in total. The van der Waals surface area contributed by atoms with Gasteiger partial charge in [0.15, 0.2) is 0 Å². The monoisotopic (exact) mass is 182 g/mol. The highest BCUT2D eigenvalue weighted by molar-refractivity contribution is 5.22. The van der Waals surface area contributed by atoms with Crippen molar-refractivity contribution in [2.24, 2.45) is 0 Å². The Labute approximate surface area is 76.3 Å². The van der Waals surface area contributed by atoms with Gasteiger partial charge in [-0.25, -0.2) is 4.39 Å². The molecule has 2 nitrogen and oxygen atoms in total. The predicted molar refractivity (Wildman–Crippen MR) is 46.2 cm³/mol. The molecular formula is C10H11FO2. The molecule has 70 valence electrons. The second kappa shape index (κ2) is 3.34. The van der Waals surface area contributed by atoms with Crippen LogP contribution in [0.5, 0.6) is 5.75 Å². The van der Waals surface area contributed by atoms with Crippen molar-refractivity contribution < 1.29 is 13.9 Å². The van der Waals surface area contributed by atoms with Crippen molar-refractivity contribution in [2.45, 2.75) is 19.1 Å². The van der Waals surface area contributed by atoms with E-state index in [-0.39, 0.29) is 18.0 Å².